The number of methoxy groups -OCH3 is 1. The monoisotopic (exact) mass is 521 g/mol. The number of aromatic nitrogens is 5. The lowest BCUT2D eigenvalue weighted by molar-refractivity contribution is -0.118. The molecule has 0 aliphatic rings. The van der Waals surface area contributed by atoms with Crippen molar-refractivity contribution in [1.29, 1.82) is 0 Å². The van der Waals surface area contributed by atoms with E-state index in [0.717, 1.165) is 22.5 Å². The van der Waals surface area contributed by atoms with Crippen LogP contribution in [0.5, 0.6) is 5.88 Å². The lowest BCUT2D eigenvalue weighted by Gasteiger charge is -2.19. The van der Waals surface area contributed by atoms with E-state index in [9.17, 15) is 9.59 Å². The van der Waals surface area contributed by atoms with Gasteiger partial charge in [-0.15, -0.1) is 23.2 Å². The van der Waals surface area contributed by atoms with Crippen LogP contribution in [0.1, 0.15) is 48.1 Å². The van der Waals surface area contributed by atoms with Gasteiger partial charge in [-0.1, -0.05) is 0 Å². The molecular weight excluding hydrogens is 493 g/mol. The first-order valence-corrected chi connectivity index (χ1v) is 12.1. The molecule has 10 nitrogen and oxygen atoms in total. The molecule has 3 aromatic heterocycles. The van der Waals surface area contributed by atoms with E-state index < -0.39 is 22.7 Å². The van der Waals surface area contributed by atoms with Gasteiger partial charge >= 0.3 is 0 Å². The third-order valence-electron chi connectivity index (χ3n) is 5.49. The largest absolute Gasteiger partial charge is 0.480 e. The van der Waals surface area contributed by atoms with E-state index in [0.29, 0.717) is 43.2 Å². The molecule has 35 heavy (non-hydrogen) atoms. The van der Waals surface area contributed by atoms with E-state index in [-0.39, 0.29) is 0 Å². The third kappa shape index (κ3) is 6.52. The molecular formula is C23H29Cl2N7O3. The van der Waals surface area contributed by atoms with Gasteiger partial charge in [0.05, 0.1) is 12.8 Å². The first kappa shape index (κ1) is 26.5. The van der Waals surface area contributed by atoms with Crippen LogP contribution in [0.3, 0.4) is 0 Å². The molecule has 2 amide bonds. The number of halogens is 2. The predicted molar refractivity (Wildman–Crippen MR) is 135 cm³/mol. The highest BCUT2D eigenvalue weighted by molar-refractivity contribution is 6.44. The number of anilines is 1. The van der Waals surface area contributed by atoms with Crippen LogP contribution < -0.4 is 15.4 Å². The fraction of sp³-hybridized carbons (Fsp3) is 0.435. The summed E-state index contributed by atoms with van der Waals surface area (Å²) >= 11 is 11.7. The third-order valence-corrected chi connectivity index (χ3v) is 5.92. The standard InChI is InChI=1S/C23H29Cl2N7O3/c1-5-32-17(11-12-26-32)22(34)27-16(7-6-8-18(24)25)21(33)28-19-10-9-15(23(29-19)35-4)20-13(2)30-31-14(20)3/h9-12,16,18H,5-8H2,1-4H3,(H,27,34)(H,30,31)(H,28,29,33). The maximum Gasteiger partial charge on any atom is 0.270 e. The number of ether oxygens (including phenoxy) is 1. The number of carbonyl (C=O) groups excluding carboxylic acids is 2. The summed E-state index contributed by atoms with van der Waals surface area (Å²) in [5, 5.41) is 16.9. The molecule has 0 spiro atoms. The van der Waals surface area contributed by atoms with Crippen molar-refractivity contribution in [3.63, 3.8) is 0 Å². The molecule has 0 fully saturated rings. The Balaban J connectivity index is 1.79. The molecule has 0 radical (unpaired) electrons. The molecule has 3 rings (SSSR count). The second-order valence-electron chi connectivity index (χ2n) is 7.93. The number of aromatic amines is 1. The highest BCUT2D eigenvalue weighted by atomic mass is 35.5. The minimum absolute atomic E-state index is 0.291. The van der Waals surface area contributed by atoms with Gasteiger partial charge in [-0.3, -0.25) is 19.4 Å². The lowest BCUT2D eigenvalue weighted by atomic mass is 10.1. The number of hydrogen-bond acceptors (Lipinski definition) is 6. The average molecular weight is 522 g/mol. The maximum atomic E-state index is 13.2. The predicted octanol–water partition coefficient (Wildman–Crippen LogP) is 4.02. The fourth-order valence-corrected chi connectivity index (χ4v) is 4.08. The Hall–Kier alpha value is -3.11. The van der Waals surface area contributed by atoms with Crippen molar-refractivity contribution >= 4 is 40.8 Å². The minimum atomic E-state index is -0.833. The van der Waals surface area contributed by atoms with Crippen LogP contribution >= 0.6 is 23.2 Å². The van der Waals surface area contributed by atoms with Crippen LogP contribution in [0.4, 0.5) is 5.82 Å². The van der Waals surface area contributed by atoms with Gasteiger partial charge in [0.15, 0.2) is 0 Å². The highest BCUT2D eigenvalue weighted by Crippen LogP contribution is 2.33. The van der Waals surface area contributed by atoms with E-state index in [1.54, 1.807) is 23.0 Å². The summed E-state index contributed by atoms with van der Waals surface area (Å²) < 4.78 is 7.04. The van der Waals surface area contributed by atoms with Gasteiger partial charge in [-0.05, 0) is 58.2 Å². The van der Waals surface area contributed by atoms with Crippen molar-refractivity contribution in [3.8, 4) is 17.0 Å². The van der Waals surface area contributed by atoms with Crippen LogP contribution in [-0.4, -0.2) is 54.8 Å². The van der Waals surface area contributed by atoms with Gasteiger partial charge in [0.2, 0.25) is 11.8 Å². The molecule has 0 bridgehead atoms. The Morgan fingerprint density at radius 2 is 1.97 bits per heavy atom. The zero-order valence-corrected chi connectivity index (χ0v) is 21.6. The van der Waals surface area contributed by atoms with Gasteiger partial charge < -0.3 is 15.4 Å². The number of carbonyl (C=O) groups is 2. The molecule has 0 saturated heterocycles. The summed E-state index contributed by atoms with van der Waals surface area (Å²) in [6, 6.07) is 4.26. The van der Waals surface area contributed by atoms with Crippen molar-refractivity contribution in [2.45, 2.75) is 57.5 Å². The van der Waals surface area contributed by atoms with Gasteiger partial charge in [0, 0.05) is 29.6 Å². The Morgan fingerprint density at radius 1 is 1.20 bits per heavy atom. The van der Waals surface area contributed by atoms with Crippen molar-refractivity contribution in [3.05, 3.63) is 41.5 Å². The lowest BCUT2D eigenvalue weighted by Crippen LogP contribution is -2.44. The van der Waals surface area contributed by atoms with Crippen molar-refractivity contribution < 1.29 is 14.3 Å². The zero-order chi connectivity index (χ0) is 25.5. The summed E-state index contributed by atoms with van der Waals surface area (Å²) in [6.07, 6.45) is 2.91. The first-order valence-electron chi connectivity index (χ1n) is 11.2. The summed E-state index contributed by atoms with van der Waals surface area (Å²) in [5.74, 6) is -0.182. The van der Waals surface area contributed by atoms with Crippen LogP contribution in [-0.2, 0) is 11.3 Å². The molecule has 1 unspecified atom stereocenters. The number of alkyl halides is 2. The Bertz CT molecular complexity index is 1160. The Labute approximate surface area is 213 Å². The quantitative estimate of drug-likeness (QED) is 0.327. The summed E-state index contributed by atoms with van der Waals surface area (Å²) in [4.78, 5) is 29.9. The van der Waals surface area contributed by atoms with Crippen molar-refractivity contribution in [1.82, 2.24) is 30.3 Å². The molecule has 3 aromatic rings. The summed E-state index contributed by atoms with van der Waals surface area (Å²) in [5.41, 5.74) is 3.70. The number of nitrogens with one attached hydrogen (secondary N) is 3. The highest BCUT2D eigenvalue weighted by Gasteiger charge is 2.24. The minimum Gasteiger partial charge on any atom is -0.480 e. The van der Waals surface area contributed by atoms with Crippen LogP contribution in [0.25, 0.3) is 11.1 Å². The molecule has 12 heteroatoms. The first-order chi connectivity index (χ1) is 16.7. The van der Waals surface area contributed by atoms with Gasteiger partial charge in [-0.25, -0.2) is 0 Å². The van der Waals surface area contributed by atoms with Gasteiger partial charge in [0.25, 0.3) is 5.91 Å². The second kappa shape index (κ2) is 12.0. The summed E-state index contributed by atoms with van der Waals surface area (Å²) in [6.45, 7) is 6.20. The van der Waals surface area contributed by atoms with Crippen LogP contribution in [0.15, 0.2) is 24.4 Å². The molecule has 3 heterocycles. The maximum absolute atomic E-state index is 13.2. The van der Waals surface area contributed by atoms with E-state index in [1.807, 2.05) is 26.8 Å². The van der Waals surface area contributed by atoms with Crippen molar-refractivity contribution in [2.24, 2.45) is 0 Å². The van der Waals surface area contributed by atoms with E-state index in [4.69, 9.17) is 27.9 Å². The smallest absolute Gasteiger partial charge is 0.270 e. The normalized spacial score (nSPS) is 12.0. The van der Waals surface area contributed by atoms with E-state index in [1.165, 1.54) is 7.11 Å². The summed E-state index contributed by atoms with van der Waals surface area (Å²) in [7, 11) is 1.51. The molecule has 1 atom stereocenters. The zero-order valence-electron chi connectivity index (χ0n) is 20.1. The average Bonchev–Trinajstić information content (AvgIpc) is 3.44. The molecule has 0 aliphatic carbocycles. The Kier molecular flexibility index (Phi) is 9.11. The molecule has 188 valence electrons. The number of nitrogens with zero attached hydrogens (tertiary/aromatic N) is 4. The van der Waals surface area contributed by atoms with Crippen molar-refractivity contribution in [2.75, 3.05) is 12.4 Å². The number of H-pyrrole nitrogens is 1. The number of rotatable bonds is 11. The SMILES string of the molecule is CCn1nccc1C(=O)NC(CCCC(Cl)Cl)C(=O)Nc1ccc(-c2c(C)n[nH]c2C)c(OC)n1. The molecule has 0 aromatic carbocycles. The number of hydrogen-bond donors (Lipinski definition) is 3. The molecule has 3 N–H and O–H groups in total. The number of aryl methyl sites for hydroxylation is 3. The van der Waals surface area contributed by atoms with E-state index in [2.05, 4.69) is 30.9 Å². The van der Waals surface area contributed by atoms with Crippen LogP contribution in [0, 0.1) is 13.8 Å². The number of pyridine rings is 1. The number of amides is 2. The Morgan fingerprint density at radius 3 is 2.60 bits per heavy atom. The van der Waals surface area contributed by atoms with Gasteiger partial charge in [-0.2, -0.15) is 15.2 Å². The molecule has 0 aliphatic heterocycles. The molecule has 0 saturated carbocycles. The topological polar surface area (TPSA) is 127 Å². The van der Waals surface area contributed by atoms with Gasteiger partial charge in [0.1, 0.15) is 22.4 Å². The second-order valence-corrected chi connectivity index (χ2v) is 9.21. The van der Waals surface area contributed by atoms with Crippen LogP contribution in [0.2, 0.25) is 0 Å². The fourth-order valence-electron chi connectivity index (χ4n) is 3.77. The van der Waals surface area contributed by atoms with E-state index >= 15 is 0 Å².